The number of aromatic hydroxyl groups is 2. The number of rotatable bonds is 3. The molecule has 2 fully saturated rings. The normalized spacial score (nSPS) is 30.2. The lowest BCUT2D eigenvalue weighted by atomic mass is 9.55. The van der Waals surface area contributed by atoms with Gasteiger partial charge in [0.05, 0.1) is 11.7 Å². The predicted molar refractivity (Wildman–Crippen MR) is 122 cm³/mol. The van der Waals surface area contributed by atoms with Crippen LogP contribution < -0.4 is 4.74 Å². The molecule has 33 heavy (non-hydrogen) atoms. The van der Waals surface area contributed by atoms with Crippen molar-refractivity contribution in [2.75, 3.05) is 0 Å². The van der Waals surface area contributed by atoms with E-state index in [-0.39, 0.29) is 40.1 Å². The second-order valence-corrected chi connectivity index (χ2v) is 10.2. The molecule has 2 aromatic carbocycles. The molecule has 0 unspecified atom stereocenters. The Labute approximate surface area is 193 Å². The minimum atomic E-state index is -0.762. The predicted octanol–water partition coefficient (Wildman–Crippen LogP) is 4.74. The van der Waals surface area contributed by atoms with Gasteiger partial charge in [0.2, 0.25) is 0 Å². The first kappa shape index (κ1) is 22.0. The third kappa shape index (κ3) is 3.43. The lowest BCUT2D eigenvalue weighted by Gasteiger charge is -2.50. The summed E-state index contributed by atoms with van der Waals surface area (Å²) < 4.78 is 5.78. The number of para-hydroxylation sites is 1. The van der Waals surface area contributed by atoms with Crippen molar-refractivity contribution >= 4 is 11.8 Å². The molecule has 5 atom stereocenters. The van der Waals surface area contributed by atoms with Crippen molar-refractivity contribution in [2.45, 2.75) is 64.4 Å². The molecule has 174 valence electrons. The molecule has 2 aromatic rings. The number of phenols is 2. The molecule has 2 saturated carbocycles. The Kier molecular flexibility index (Phi) is 5.24. The van der Waals surface area contributed by atoms with Gasteiger partial charge in [0.25, 0.3) is 0 Å². The molecule has 0 radical (unpaired) electrons. The zero-order valence-corrected chi connectivity index (χ0v) is 19.0. The number of benzene rings is 2. The van der Waals surface area contributed by atoms with Crippen molar-refractivity contribution in [3.8, 4) is 17.2 Å². The Morgan fingerprint density at radius 3 is 2.58 bits per heavy atom. The standard InChI is InChI=1S/C27H30O6/c1-14(28)17-4-3-5-20(25(17)31)26(32)33-22-13-16(29)12-15-6-7-18-19(24(15)22)10-11-27(2)21(18)8-9-23(27)30/h3-5,12-13,18-19,21,23,29-31H,6-11H2,1-2H3/t18-,19-,21-,23-,27-/m0/s1. The molecule has 6 heteroatoms. The number of Topliss-reactive ketones (excluding diaryl/α,β-unsaturated/α-hetero) is 1. The van der Waals surface area contributed by atoms with Crippen LogP contribution in [0.25, 0.3) is 0 Å². The molecule has 3 aliphatic rings. The number of ether oxygens (including phenoxy) is 1. The van der Waals surface area contributed by atoms with E-state index in [9.17, 15) is 24.9 Å². The highest BCUT2D eigenvalue weighted by atomic mass is 16.5. The molecule has 6 nitrogen and oxygen atoms in total. The van der Waals surface area contributed by atoms with Crippen molar-refractivity contribution in [1.82, 2.24) is 0 Å². The zero-order valence-electron chi connectivity index (χ0n) is 19.0. The van der Waals surface area contributed by atoms with Gasteiger partial charge in [0.15, 0.2) is 5.78 Å². The second-order valence-electron chi connectivity index (χ2n) is 10.2. The summed E-state index contributed by atoms with van der Waals surface area (Å²) in [5.74, 6) is -0.134. The summed E-state index contributed by atoms with van der Waals surface area (Å²) in [5.41, 5.74) is 1.87. The van der Waals surface area contributed by atoms with Gasteiger partial charge in [0, 0.05) is 11.6 Å². The van der Waals surface area contributed by atoms with Crippen molar-refractivity contribution in [3.05, 3.63) is 52.6 Å². The lowest BCUT2D eigenvalue weighted by Crippen LogP contribution is -2.44. The second kappa shape index (κ2) is 7.87. The molecule has 3 N–H and O–H groups in total. The molecule has 0 amide bonds. The fraction of sp³-hybridized carbons (Fsp3) is 0.481. The molecular formula is C27H30O6. The third-order valence-corrected chi connectivity index (χ3v) is 8.56. The van der Waals surface area contributed by atoms with E-state index < -0.39 is 11.7 Å². The highest BCUT2D eigenvalue weighted by Crippen LogP contribution is 2.62. The first-order chi connectivity index (χ1) is 15.7. The van der Waals surface area contributed by atoms with Crippen LogP contribution >= 0.6 is 0 Å². The summed E-state index contributed by atoms with van der Waals surface area (Å²) in [7, 11) is 0. The summed E-state index contributed by atoms with van der Waals surface area (Å²) in [6.45, 7) is 3.54. The number of aryl methyl sites for hydroxylation is 1. The van der Waals surface area contributed by atoms with Crippen molar-refractivity contribution in [1.29, 1.82) is 0 Å². The van der Waals surface area contributed by atoms with E-state index in [4.69, 9.17) is 4.74 Å². The van der Waals surface area contributed by atoms with Crippen LogP contribution in [0.3, 0.4) is 0 Å². The number of hydrogen-bond acceptors (Lipinski definition) is 6. The Balaban J connectivity index is 1.51. The smallest absolute Gasteiger partial charge is 0.347 e. The van der Waals surface area contributed by atoms with Gasteiger partial charge in [0.1, 0.15) is 22.8 Å². The number of carbonyl (C=O) groups is 2. The summed E-state index contributed by atoms with van der Waals surface area (Å²) in [5, 5.41) is 31.4. The van der Waals surface area contributed by atoms with E-state index in [1.54, 1.807) is 6.07 Å². The summed E-state index contributed by atoms with van der Waals surface area (Å²) in [6, 6.07) is 7.66. The van der Waals surface area contributed by atoms with Gasteiger partial charge in [-0.05, 0) is 92.4 Å². The monoisotopic (exact) mass is 450 g/mol. The molecule has 0 aliphatic heterocycles. The first-order valence-corrected chi connectivity index (χ1v) is 11.8. The quantitative estimate of drug-likeness (QED) is 0.355. The van der Waals surface area contributed by atoms with Gasteiger partial charge in [-0.2, -0.15) is 0 Å². The third-order valence-electron chi connectivity index (χ3n) is 8.56. The van der Waals surface area contributed by atoms with E-state index >= 15 is 0 Å². The highest BCUT2D eigenvalue weighted by molar-refractivity contribution is 6.02. The zero-order chi connectivity index (χ0) is 23.5. The van der Waals surface area contributed by atoms with E-state index in [2.05, 4.69) is 6.92 Å². The van der Waals surface area contributed by atoms with Crippen molar-refractivity contribution in [3.63, 3.8) is 0 Å². The van der Waals surface area contributed by atoms with Crippen LogP contribution in [0.1, 0.15) is 83.7 Å². The minimum absolute atomic E-state index is 0.0358. The summed E-state index contributed by atoms with van der Waals surface area (Å²) in [4.78, 5) is 24.8. The molecular weight excluding hydrogens is 420 g/mol. The van der Waals surface area contributed by atoms with Crippen LogP contribution in [-0.2, 0) is 6.42 Å². The number of esters is 1. The van der Waals surface area contributed by atoms with E-state index in [0.29, 0.717) is 17.6 Å². The van der Waals surface area contributed by atoms with E-state index in [1.807, 2.05) is 0 Å². The van der Waals surface area contributed by atoms with Crippen LogP contribution in [0, 0.1) is 17.3 Å². The summed E-state index contributed by atoms with van der Waals surface area (Å²) in [6.07, 6.45) is 5.15. The fourth-order valence-electron chi connectivity index (χ4n) is 6.87. The Morgan fingerprint density at radius 1 is 1.06 bits per heavy atom. The van der Waals surface area contributed by atoms with Gasteiger partial charge in [-0.1, -0.05) is 13.0 Å². The van der Waals surface area contributed by atoms with Crippen LogP contribution in [0.15, 0.2) is 30.3 Å². The Hall–Kier alpha value is -2.86. The molecule has 0 aromatic heterocycles. The van der Waals surface area contributed by atoms with Crippen LogP contribution in [0.2, 0.25) is 0 Å². The maximum absolute atomic E-state index is 13.0. The van der Waals surface area contributed by atoms with Crippen molar-refractivity contribution < 1.29 is 29.6 Å². The van der Waals surface area contributed by atoms with Crippen molar-refractivity contribution in [2.24, 2.45) is 17.3 Å². The average Bonchev–Trinajstić information content (AvgIpc) is 3.07. The molecule has 0 bridgehead atoms. The first-order valence-electron chi connectivity index (χ1n) is 11.8. The van der Waals surface area contributed by atoms with Crippen LogP contribution in [-0.4, -0.2) is 33.2 Å². The maximum atomic E-state index is 13.0. The summed E-state index contributed by atoms with van der Waals surface area (Å²) >= 11 is 0. The van der Waals surface area contributed by atoms with Crippen LogP contribution in [0.4, 0.5) is 0 Å². The number of aliphatic hydroxyl groups excluding tert-OH is 1. The largest absolute Gasteiger partial charge is 0.508 e. The molecule has 0 spiro atoms. The topological polar surface area (TPSA) is 104 Å². The fourth-order valence-corrected chi connectivity index (χ4v) is 6.87. The molecule has 3 aliphatic carbocycles. The van der Waals surface area contributed by atoms with E-state index in [1.165, 1.54) is 31.2 Å². The van der Waals surface area contributed by atoms with Gasteiger partial charge >= 0.3 is 5.97 Å². The lowest BCUT2D eigenvalue weighted by molar-refractivity contribution is -0.0229. The molecule has 0 saturated heterocycles. The van der Waals surface area contributed by atoms with Gasteiger partial charge in [-0.25, -0.2) is 4.79 Å². The minimum Gasteiger partial charge on any atom is -0.508 e. The number of aliphatic hydroxyl groups is 1. The van der Waals surface area contributed by atoms with Gasteiger partial charge in [-0.3, -0.25) is 4.79 Å². The maximum Gasteiger partial charge on any atom is 0.347 e. The highest BCUT2D eigenvalue weighted by Gasteiger charge is 2.54. The van der Waals surface area contributed by atoms with Gasteiger partial charge in [-0.15, -0.1) is 0 Å². The average molecular weight is 451 g/mol. The number of carbonyl (C=O) groups excluding carboxylic acids is 2. The van der Waals surface area contributed by atoms with Crippen LogP contribution in [0.5, 0.6) is 17.2 Å². The Morgan fingerprint density at radius 2 is 1.82 bits per heavy atom. The Bertz CT molecular complexity index is 1140. The molecule has 5 rings (SSSR count). The van der Waals surface area contributed by atoms with E-state index in [0.717, 1.165) is 49.7 Å². The SMILES string of the molecule is CC(=O)c1cccc(C(=O)Oc2cc(O)cc3c2[C@H]2CC[C@]4(C)[C@@H](O)CC[C@H]4[C@H]2CC3)c1O. The number of ketones is 1. The number of fused-ring (bicyclic) bond motifs is 5. The number of hydrogen-bond donors (Lipinski definition) is 3. The molecule has 0 heterocycles. The van der Waals surface area contributed by atoms with Gasteiger partial charge < -0.3 is 20.1 Å². The number of phenolic OH excluding ortho intramolecular Hbond substituents is 2.